The number of hydrogen-bond donors (Lipinski definition) is 0. The average Bonchev–Trinajstić information content (AvgIpc) is 2.79. The van der Waals surface area contributed by atoms with Gasteiger partial charge in [0.1, 0.15) is 0 Å². The maximum atomic E-state index is 11.2. The van der Waals surface area contributed by atoms with Crippen LogP contribution in [0.15, 0.2) is 59.2 Å². The standard InChI is InChI=1S/C16H12BrNO/c17-15-8-4-7-14-13(11-19)10-18(16(14)15)9-12-5-2-1-3-6-12/h1-8,10-11H,9H2. The van der Waals surface area contributed by atoms with Crippen LogP contribution >= 0.6 is 15.9 Å². The normalized spacial score (nSPS) is 10.8. The number of halogens is 1. The summed E-state index contributed by atoms with van der Waals surface area (Å²) in [5, 5.41) is 0.986. The molecule has 0 amide bonds. The van der Waals surface area contributed by atoms with Crippen LogP contribution in [0, 0.1) is 0 Å². The summed E-state index contributed by atoms with van der Waals surface area (Å²) < 4.78 is 3.12. The van der Waals surface area contributed by atoms with Crippen molar-refractivity contribution in [2.75, 3.05) is 0 Å². The second-order valence-electron chi connectivity index (χ2n) is 4.45. The highest BCUT2D eigenvalue weighted by molar-refractivity contribution is 9.10. The van der Waals surface area contributed by atoms with Gasteiger partial charge >= 0.3 is 0 Å². The number of benzene rings is 2. The minimum Gasteiger partial charge on any atom is -0.341 e. The van der Waals surface area contributed by atoms with Crippen LogP contribution in [0.5, 0.6) is 0 Å². The number of nitrogens with zero attached hydrogens (tertiary/aromatic N) is 1. The fourth-order valence-corrected chi connectivity index (χ4v) is 2.93. The molecule has 0 unspecified atom stereocenters. The van der Waals surface area contributed by atoms with Crippen molar-refractivity contribution in [1.82, 2.24) is 4.57 Å². The highest BCUT2D eigenvalue weighted by atomic mass is 79.9. The predicted octanol–water partition coefficient (Wildman–Crippen LogP) is 4.26. The Labute approximate surface area is 119 Å². The summed E-state index contributed by atoms with van der Waals surface area (Å²) in [5.74, 6) is 0. The summed E-state index contributed by atoms with van der Waals surface area (Å²) in [5.41, 5.74) is 3.01. The van der Waals surface area contributed by atoms with E-state index < -0.39 is 0 Å². The molecule has 0 saturated heterocycles. The highest BCUT2D eigenvalue weighted by Gasteiger charge is 2.10. The largest absolute Gasteiger partial charge is 0.341 e. The first-order chi connectivity index (χ1) is 9.29. The Hall–Kier alpha value is -1.87. The van der Waals surface area contributed by atoms with Crippen molar-refractivity contribution in [3.05, 3.63) is 70.3 Å². The lowest BCUT2D eigenvalue weighted by Gasteiger charge is -2.06. The number of carbonyl (C=O) groups is 1. The molecule has 0 fully saturated rings. The van der Waals surface area contributed by atoms with E-state index in [1.165, 1.54) is 5.56 Å². The Balaban J connectivity index is 2.16. The molecule has 0 N–H and O–H groups in total. The molecule has 0 atom stereocenters. The number of carbonyl (C=O) groups excluding carboxylic acids is 1. The second kappa shape index (κ2) is 5.02. The van der Waals surface area contributed by atoms with Crippen LogP contribution in [0.2, 0.25) is 0 Å². The number of aromatic nitrogens is 1. The van der Waals surface area contributed by atoms with Crippen LogP contribution in [0.4, 0.5) is 0 Å². The van der Waals surface area contributed by atoms with Crippen LogP contribution in [-0.2, 0) is 6.54 Å². The fraction of sp³-hybridized carbons (Fsp3) is 0.0625. The third-order valence-electron chi connectivity index (χ3n) is 3.20. The lowest BCUT2D eigenvalue weighted by atomic mass is 10.2. The maximum absolute atomic E-state index is 11.2. The van der Waals surface area contributed by atoms with E-state index in [9.17, 15) is 4.79 Å². The molecule has 2 nitrogen and oxygen atoms in total. The summed E-state index contributed by atoms with van der Waals surface area (Å²) in [6, 6.07) is 16.2. The Morgan fingerprint density at radius 1 is 1.05 bits per heavy atom. The maximum Gasteiger partial charge on any atom is 0.152 e. The average molecular weight is 314 g/mol. The Morgan fingerprint density at radius 3 is 2.58 bits per heavy atom. The smallest absolute Gasteiger partial charge is 0.152 e. The van der Waals surface area contributed by atoms with Crippen molar-refractivity contribution >= 4 is 33.1 Å². The molecule has 0 spiro atoms. The number of hydrogen-bond acceptors (Lipinski definition) is 1. The summed E-state index contributed by atoms with van der Waals surface area (Å²) >= 11 is 3.57. The molecular weight excluding hydrogens is 302 g/mol. The quantitative estimate of drug-likeness (QED) is 0.662. The Kier molecular flexibility index (Phi) is 3.22. The van der Waals surface area contributed by atoms with Crippen LogP contribution in [0.3, 0.4) is 0 Å². The Morgan fingerprint density at radius 2 is 1.84 bits per heavy atom. The first-order valence-corrected chi connectivity index (χ1v) is 6.85. The van der Waals surface area contributed by atoms with E-state index in [2.05, 4.69) is 32.6 Å². The SMILES string of the molecule is O=Cc1cn(Cc2ccccc2)c2c(Br)cccc12. The van der Waals surface area contributed by atoms with E-state index in [1.54, 1.807) is 0 Å². The number of rotatable bonds is 3. The monoisotopic (exact) mass is 313 g/mol. The molecule has 3 rings (SSSR count). The van der Waals surface area contributed by atoms with Gasteiger partial charge in [-0.05, 0) is 27.6 Å². The van der Waals surface area contributed by atoms with Crippen molar-refractivity contribution in [1.29, 1.82) is 0 Å². The van der Waals surface area contributed by atoms with E-state index in [0.717, 1.165) is 33.8 Å². The van der Waals surface area contributed by atoms with Crippen molar-refractivity contribution in [3.8, 4) is 0 Å². The molecule has 0 aliphatic rings. The zero-order valence-electron chi connectivity index (χ0n) is 10.2. The fourth-order valence-electron chi connectivity index (χ4n) is 2.34. The lowest BCUT2D eigenvalue weighted by molar-refractivity contribution is 0.112. The molecule has 0 aliphatic heterocycles. The topological polar surface area (TPSA) is 22.0 Å². The van der Waals surface area contributed by atoms with Gasteiger partial charge in [-0.25, -0.2) is 0 Å². The van der Waals surface area contributed by atoms with Gasteiger partial charge in [0.2, 0.25) is 0 Å². The summed E-state index contributed by atoms with van der Waals surface area (Å²) in [4.78, 5) is 11.2. The van der Waals surface area contributed by atoms with Crippen molar-refractivity contribution in [2.45, 2.75) is 6.54 Å². The molecule has 3 aromatic rings. The van der Waals surface area contributed by atoms with Gasteiger partial charge in [0, 0.05) is 28.2 Å². The van der Waals surface area contributed by atoms with Crippen LogP contribution in [0.1, 0.15) is 15.9 Å². The van der Waals surface area contributed by atoms with E-state index in [1.807, 2.05) is 42.6 Å². The van der Waals surface area contributed by atoms with Crippen LogP contribution in [-0.4, -0.2) is 10.9 Å². The minimum atomic E-state index is 0.729. The van der Waals surface area contributed by atoms with Crippen LogP contribution < -0.4 is 0 Å². The van der Waals surface area contributed by atoms with E-state index in [4.69, 9.17) is 0 Å². The molecule has 3 heteroatoms. The zero-order chi connectivity index (χ0) is 13.2. The summed E-state index contributed by atoms with van der Waals surface area (Å²) in [6.45, 7) is 0.758. The number of aldehydes is 1. The first kappa shape index (κ1) is 12.2. The number of para-hydroxylation sites is 1. The molecule has 0 aliphatic carbocycles. The lowest BCUT2D eigenvalue weighted by Crippen LogP contribution is -1.97. The van der Waals surface area contributed by atoms with Gasteiger partial charge in [-0.3, -0.25) is 4.79 Å². The van der Waals surface area contributed by atoms with Gasteiger partial charge in [-0.1, -0.05) is 42.5 Å². The van der Waals surface area contributed by atoms with Gasteiger partial charge < -0.3 is 4.57 Å². The summed E-state index contributed by atoms with van der Waals surface area (Å²) in [7, 11) is 0. The van der Waals surface area contributed by atoms with E-state index in [-0.39, 0.29) is 0 Å². The number of fused-ring (bicyclic) bond motifs is 1. The molecule has 0 saturated carbocycles. The van der Waals surface area contributed by atoms with Crippen LogP contribution in [0.25, 0.3) is 10.9 Å². The van der Waals surface area contributed by atoms with Crippen molar-refractivity contribution in [2.24, 2.45) is 0 Å². The van der Waals surface area contributed by atoms with Gasteiger partial charge in [0.15, 0.2) is 6.29 Å². The zero-order valence-corrected chi connectivity index (χ0v) is 11.8. The van der Waals surface area contributed by atoms with Gasteiger partial charge in [0.05, 0.1) is 5.52 Å². The third kappa shape index (κ3) is 2.22. The van der Waals surface area contributed by atoms with Gasteiger partial charge in [-0.2, -0.15) is 0 Å². The van der Waals surface area contributed by atoms with E-state index >= 15 is 0 Å². The second-order valence-corrected chi connectivity index (χ2v) is 5.31. The molecule has 2 aromatic carbocycles. The van der Waals surface area contributed by atoms with Gasteiger partial charge in [-0.15, -0.1) is 0 Å². The molecule has 1 heterocycles. The van der Waals surface area contributed by atoms with Gasteiger partial charge in [0.25, 0.3) is 0 Å². The van der Waals surface area contributed by atoms with Crippen molar-refractivity contribution in [3.63, 3.8) is 0 Å². The minimum absolute atomic E-state index is 0.729. The first-order valence-electron chi connectivity index (χ1n) is 6.06. The molecule has 1 aromatic heterocycles. The van der Waals surface area contributed by atoms with E-state index in [0.29, 0.717) is 0 Å². The third-order valence-corrected chi connectivity index (χ3v) is 3.84. The summed E-state index contributed by atoms with van der Waals surface area (Å²) in [6.07, 6.45) is 2.83. The molecule has 19 heavy (non-hydrogen) atoms. The highest BCUT2D eigenvalue weighted by Crippen LogP contribution is 2.28. The Bertz CT molecular complexity index is 731. The van der Waals surface area contributed by atoms with Crippen molar-refractivity contribution < 1.29 is 4.79 Å². The molecule has 0 radical (unpaired) electrons. The predicted molar refractivity (Wildman–Crippen MR) is 80.6 cm³/mol. The molecule has 94 valence electrons. The molecule has 0 bridgehead atoms. The molecular formula is C16H12BrNO.